The van der Waals surface area contributed by atoms with Gasteiger partial charge in [-0.15, -0.1) is 4.40 Å². The summed E-state index contributed by atoms with van der Waals surface area (Å²) in [4.78, 5) is 5.97. The van der Waals surface area contributed by atoms with Gasteiger partial charge in [-0.05, 0) is 36.2 Å². The Kier molecular flexibility index (Phi) is 3.02. The monoisotopic (exact) mass is 287 g/mol. The van der Waals surface area contributed by atoms with Crippen molar-refractivity contribution in [3.05, 3.63) is 48.2 Å². The largest absolute Gasteiger partial charge is 0.287 e. The number of hydrogen-bond donors (Lipinski definition) is 0. The molecular weight excluding hydrogens is 274 g/mol. The van der Waals surface area contributed by atoms with E-state index in [1.807, 2.05) is 24.3 Å². The van der Waals surface area contributed by atoms with Crippen molar-refractivity contribution < 1.29 is 8.42 Å². The molecule has 6 heteroatoms. The minimum Gasteiger partial charge on any atom is -0.283 e. The number of hydrogen-bond acceptors (Lipinski definition) is 4. The lowest BCUT2D eigenvalue weighted by Crippen LogP contribution is -2.23. The zero-order valence-corrected chi connectivity index (χ0v) is 11.7. The van der Waals surface area contributed by atoms with Crippen molar-refractivity contribution in [2.24, 2.45) is 4.40 Å². The molecule has 0 saturated heterocycles. The van der Waals surface area contributed by atoms with Crippen LogP contribution in [0.5, 0.6) is 0 Å². The van der Waals surface area contributed by atoms with Gasteiger partial charge in [-0.25, -0.2) is 4.98 Å². The van der Waals surface area contributed by atoms with Gasteiger partial charge in [-0.1, -0.05) is 19.1 Å². The van der Waals surface area contributed by atoms with E-state index in [0.29, 0.717) is 5.82 Å². The summed E-state index contributed by atoms with van der Waals surface area (Å²) in [5.41, 5.74) is 2.05. The van der Waals surface area contributed by atoms with Crippen molar-refractivity contribution in [1.29, 1.82) is 0 Å². The number of nitrogens with zero attached hydrogens (tertiary/aromatic N) is 3. The van der Waals surface area contributed by atoms with Crippen LogP contribution in [0.4, 0.5) is 11.5 Å². The third-order valence-electron chi connectivity index (χ3n) is 3.18. The van der Waals surface area contributed by atoms with Gasteiger partial charge in [0.1, 0.15) is 11.2 Å². The average molecular weight is 287 g/mol. The molecule has 0 radical (unpaired) electrons. The molecule has 0 N–H and O–H groups in total. The maximum absolute atomic E-state index is 11.9. The lowest BCUT2D eigenvalue weighted by molar-refractivity contribution is 0.597. The van der Waals surface area contributed by atoms with Crippen molar-refractivity contribution in [2.75, 3.05) is 4.90 Å². The van der Waals surface area contributed by atoms with Crippen molar-refractivity contribution >= 4 is 27.9 Å². The maximum atomic E-state index is 11.9. The van der Waals surface area contributed by atoms with E-state index in [-0.39, 0.29) is 4.90 Å². The van der Waals surface area contributed by atoms with Gasteiger partial charge in [0.15, 0.2) is 5.82 Å². The first-order valence-corrected chi connectivity index (χ1v) is 7.69. The molecule has 0 aliphatic carbocycles. The minimum absolute atomic E-state index is 0.127. The highest BCUT2D eigenvalue weighted by atomic mass is 32.2. The quantitative estimate of drug-likeness (QED) is 0.851. The molecule has 0 fully saturated rings. The van der Waals surface area contributed by atoms with Gasteiger partial charge < -0.3 is 0 Å². The number of sulfonamides is 1. The van der Waals surface area contributed by atoms with Gasteiger partial charge in [0.2, 0.25) is 0 Å². The smallest absolute Gasteiger partial charge is 0.283 e. The Labute approximate surface area is 117 Å². The summed E-state index contributed by atoms with van der Waals surface area (Å²) in [6.45, 7) is 2.08. The van der Waals surface area contributed by atoms with E-state index in [2.05, 4.69) is 16.3 Å². The number of aryl methyl sites for hydroxylation is 1. The Morgan fingerprint density at radius 1 is 1.15 bits per heavy atom. The second kappa shape index (κ2) is 4.72. The average Bonchev–Trinajstić information content (AvgIpc) is 2.48. The van der Waals surface area contributed by atoms with Crippen molar-refractivity contribution in [2.45, 2.75) is 18.2 Å². The second-order valence-corrected chi connectivity index (χ2v) is 6.01. The number of rotatable bonds is 2. The highest BCUT2D eigenvalue weighted by Gasteiger charge is 2.26. The molecule has 1 aromatic carbocycles. The molecule has 20 heavy (non-hydrogen) atoms. The number of anilines is 2. The summed E-state index contributed by atoms with van der Waals surface area (Å²) < 4.78 is 27.4. The maximum Gasteiger partial charge on any atom is 0.287 e. The molecule has 2 aromatic rings. The number of fused-ring (bicyclic) bond motifs is 1. The predicted octanol–water partition coefficient (Wildman–Crippen LogP) is 2.51. The number of pyridine rings is 1. The van der Waals surface area contributed by atoms with E-state index in [1.54, 1.807) is 17.2 Å². The zero-order valence-electron chi connectivity index (χ0n) is 10.9. The number of benzene rings is 1. The highest BCUT2D eigenvalue weighted by Crippen LogP contribution is 2.32. The molecule has 0 saturated carbocycles. The molecule has 3 rings (SSSR count). The van der Waals surface area contributed by atoms with Crippen molar-refractivity contribution in [3.8, 4) is 0 Å². The van der Waals surface area contributed by atoms with E-state index >= 15 is 0 Å². The molecule has 1 aliphatic rings. The minimum atomic E-state index is -3.63. The molecular formula is C14H13N3O2S. The first kappa shape index (κ1) is 12.8. The highest BCUT2D eigenvalue weighted by molar-refractivity contribution is 7.90. The van der Waals surface area contributed by atoms with Crippen LogP contribution in [0, 0.1) is 0 Å². The molecule has 0 unspecified atom stereocenters. The number of aromatic nitrogens is 1. The Morgan fingerprint density at radius 2 is 1.90 bits per heavy atom. The van der Waals surface area contributed by atoms with Gasteiger partial charge in [-0.2, -0.15) is 8.42 Å². The summed E-state index contributed by atoms with van der Waals surface area (Å²) in [6, 6.07) is 11.0. The fourth-order valence-corrected chi connectivity index (χ4v) is 3.03. The van der Waals surface area contributed by atoms with Crippen LogP contribution in [0.25, 0.3) is 0 Å². The van der Waals surface area contributed by atoms with Crippen LogP contribution in [0.3, 0.4) is 0 Å². The van der Waals surface area contributed by atoms with Crippen LogP contribution in [-0.4, -0.2) is 19.7 Å². The Hall–Kier alpha value is -2.21. The third kappa shape index (κ3) is 2.08. The lowest BCUT2D eigenvalue weighted by Gasteiger charge is -2.23. The lowest BCUT2D eigenvalue weighted by atomic mass is 10.1. The van der Waals surface area contributed by atoms with Crippen molar-refractivity contribution in [3.63, 3.8) is 0 Å². The van der Waals surface area contributed by atoms with Crippen molar-refractivity contribution in [1.82, 2.24) is 4.98 Å². The molecule has 1 aromatic heterocycles. The van der Waals surface area contributed by atoms with Gasteiger partial charge in [0.25, 0.3) is 10.0 Å². The van der Waals surface area contributed by atoms with Crippen LogP contribution in [0.1, 0.15) is 12.5 Å². The van der Waals surface area contributed by atoms with Crippen LogP contribution in [0.15, 0.2) is 51.9 Å². The van der Waals surface area contributed by atoms with E-state index in [9.17, 15) is 8.42 Å². The molecule has 0 bridgehead atoms. The molecule has 5 nitrogen and oxygen atoms in total. The third-order valence-corrected chi connectivity index (χ3v) is 4.43. The fourth-order valence-electron chi connectivity index (χ4n) is 2.07. The molecule has 0 spiro atoms. The molecule has 1 aliphatic heterocycles. The first-order valence-electron chi connectivity index (χ1n) is 6.25. The van der Waals surface area contributed by atoms with E-state index in [1.165, 1.54) is 18.0 Å². The fraction of sp³-hybridized carbons (Fsp3) is 0.143. The molecule has 0 amide bonds. The second-order valence-electron chi connectivity index (χ2n) is 4.41. The zero-order chi connectivity index (χ0) is 14.2. The van der Waals surface area contributed by atoms with Crippen LogP contribution < -0.4 is 4.90 Å². The van der Waals surface area contributed by atoms with E-state index in [4.69, 9.17) is 0 Å². The Bertz CT molecular complexity index is 767. The van der Waals surface area contributed by atoms with E-state index < -0.39 is 10.0 Å². The molecule has 0 atom stereocenters. The molecule has 2 heterocycles. The standard InChI is InChI=1S/C14H13N3O2S/c1-2-11-5-7-12(8-6-11)17-10-16-20(18,19)13-4-3-9-15-14(13)17/h3-10H,2H2,1H3. The summed E-state index contributed by atoms with van der Waals surface area (Å²) in [5, 5.41) is 0. The molecule has 102 valence electrons. The topological polar surface area (TPSA) is 62.6 Å². The van der Waals surface area contributed by atoms with Gasteiger partial charge >= 0.3 is 0 Å². The van der Waals surface area contributed by atoms with Crippen LogP contribution >= 0.6 is 0 Å². The predicted molar refractivity (Wildman–Crippen MR) is 77.9 cm³/mol. The van der Waals surface area contributed by atoms with Gasteiger partial charge in [-0.3, -0.25) is 4.90 Å². The SMILES string of the molecule is CCc1ccc(N2C=NS(=O)(=O)c3cccnc32)cc1. The van der Waals surface area contributed by atoms with Gasteiger partial charge in [0.05, 0.1) is 0 Å². The Balaban J connectivity index is 2.11. The Morgan fingerprint density at radius 3 is 2.60 bits per heavy atom. The summed E-state index contributed by atoms with van der Waals surface area (Å²) >= 11 is 0. The van der Waals surface area contributed by atoms with Gasteiger partial charge in [0, 0.05) is 11.9 Å². The normalized spacial score (nSPS) is 15.9. The first-order chi connectivity index (χ1) is 9.62. The summed E-state index contributed by atoms with van der Waals surface area (Å²) in [5.74, 6) is 0.381. The summed E-state index contributed by atoms with van der Waals surface area (Å²) in [6.07, 6.45) is 3.82. The summed E-state index contributed by atoms with van der Waals surface area (Å²) in [7, 11) is -3.63. The van der Waals surface area contributed by atoms with Crippen LogP contribution in [0.2, 0.25) is 0 Å². The van der Waals surface area contributed by atoms with Crippen LogP contribution in [-0.2, 0) is 16.4 Å². The van der Waals surface area contributed by atoms with E-state index in [0.717, 1.165) is 12.1 Å².